The number of para-hydroxylation sites is 2. The van der Waals surface area contributed by atoms with E-state index in [0.29, 0.717) is 6.42 Å². The van der Waals surface area contributed by atoms with Crippen molar-refractivity contribution < 1.29 is 9.53 Å². The van der Waals surface area contributed by atoms with Gasteiger partial charge in [0.25, 0.3) is 0 Å². The number of nitrogens with one attached hydrogen (secondary N) is 1. The molecule has 0 bridgehead atoms. The largest absolute Gasteiger partial charge is 0.495 e. The van der Waals surface area contributed by atoms with Crippen LogP contribution < -0.4 is 20.9 Å². The maximum atomic E-state index is 11.0. The van der Waals surface area contributed by atoms with Crippen LogP contribution in [0.15, 0.2) is 24.3 Å². The van der Waals surface area contributed by atoms with Gasteiger partial charge in [-0.1, -0.05) is 12.1 Å². The number of nitrogens with zero attached hydrogens (tertiary/aromatic N) is 1. The zero-order valence-electron chi connectivity index (χ0n) is 11.0. The molecule has 0 saturated carbocycles. The number of rotatable bonds is 7. The number of carbonyl (C=O) groups excluding carboxylic acids is 1. The molecule has 0 spiro atoms. The third-order valence-electron chi connectivity index (χ3n) is 2.80. The summed E-state index contributed by atoms with van der Waals surface area (Å²) in [6, 6.07) is 7.89. The van der Waals surface area contributed by atoms with E-state index in [1.54, 1.807) is 7.11 Å². The minimum Gasteiger partial charge on any atom is -0.495 e. The molecular weight excluding hydrogens is 230 g/mol. The Kier molecular flexibility index (Phi) is 6.00. The molecule has 0 unspecified atom stereocenters. The average Bonchev–Trinajstić information content (AvgIpc) is 2.42. The molecular formula is C13H21N3O2. The smallest absolute Gasteiger partial charge is 0.233 e. The summed E-state index contributed by atoms with van der Waals surface area (Å²) in [4.78, 5) is 13.1. The number of nitrogens with two attached hydrogens (primary N) is 1. The lowest BCUT2D eigenvalue weighted by Crippen LogP contribution is -2.29. The SMILES string of the molecule is COc1ccccc1N(C)CCCCC(=O)NN. The van der Waals surface area contributed by atoms with E-state index in [2.05, 4.69) is 10.3 Å². The lowest BCUT2D eigenvalue weighted by Gasteiger charge is -2.21. The Morgan fingerprint density at radius 1 is 1.39 bits per heavy atom. The van der Waals surface area contributed by atoms with Crippen LogP contribution in [0.4, 0.5) is 5.69 Å². The van der Waals surface area contributed by atoms with Gasteiger partial charge in [-0.3, -0.25) is 10.2 Å². The number of unbranched alkanes of at least 4 members (excludes halogenated alkanes) is 1. The van der Waals surface area contributed by atoms with E-state index in [1.807, 2.05) is 31.3 Å². The van der Waals surface area contributed by atoms with Crippen LogP contribution in [0.3, 0.4) is 0 Å². The van der Waals surface area contributed by atoms with Gasteiger partial charge in [-0.15, -0.1) is 0 Å². The number of carbonyl (C=O) groups is 1. The van der Waals surface area contributed by atoms with Crippen LogP contribution in [0.2, 0.25) is 0 Å². The minimum absolute atomic E-state index is 0.116. The van der Waals surface area contributed by atoms with Crippen molar-refractivity contribution in [1.82, 2.24) is 5.43 Å². The first-order chi connectivity index (χ1) is 8.69. The van der Waals surface area contributed by atoms with Crippen molar-refractivity contribution in [2.75, 3.05) is 25.6 Å². The van der Waals surface area contributed by atoms with Gasteiger partial charge in [0.15, 0.2) is 0 Å². The van der Waals surface area contributed by atoms with Crippen molar-refractivity contribution in [2.24, 2.45) is 5.84 Å². The van der Waals surface area contributed by atoms with Crippen molar-refractivity contribution >= 4 is 11.6 Å². The van der Waals surface area contributed by atoms with E-state index in [9.17, 15) is 4.79 Å². The topological polar surface area (TPSA) is 67.6 Å². The molecule has 0 aliphatic rings. The van der Waals surface area contributed by atoms with Crippen molar-refractivity contribution in [1.29, 1.82) is 0 Å². The summed E-state index contributed by atoms with van der Waals surface area (Å²) in [5, 5.41) is 0. The van der Waals surface area contributed by atoms with Gasteiger partial charge < -0.3 is 9.64 Å². The highest BCUT2D eigenvalue weighted by atomic mass is 16.5. The number of amides is 1. The van der Waals surface area contributed by atoms with Gasteiger partial charge in [0, 0.05) is 20.0 Å². The van der Waals surface area contributed by atoms with Gasteiger partial charge in [-0.25, -0.2) is 5.84 Å². The second-order valence-corrected chi connectivity index (χ2v) is 4.12. The number of hydrogen-bond acceptors (Lipinski definition) is 4. The average molecular weight is 251 g/mol. The molecule has 0 radical (unpaired) electrons. The monoisotopic (exact) mass is 251 g/mol. The van der Waals surface area contributed by atoms with E-state index in [4.69, 9.17) is 10.6 Å². The molecule has 0 aliphatic heterocycles. The Hall–Kier alpha value is -1.75. The van der Waals surface area contributed by atoms with Crippen LogP contribution in [0.1, 0.15) is 19.3 Å². The van der Waals surface area contributed by atoms with Gasteiger partial charge in [0.2, 0.25) is 5.91 Å². The second kappa shape index (κ2) is 7.55. The summed E-state index contributed by atoms with van der Waals surface area (Å²) in [6.07, 6.45) is 2.22. The maximum Gasteiger partial charge on any atom is 0.233 e. The molecule has 0 saturated heterocycles. The Labute approximate surface area is 108 Å². The van der Waals surface area contributed by atoms with E-state index < -0.39 is 0 Å². The Morgan fingerprint density at radius 3 is 2.78 bits per heavy atom. The molecule has 5 nitrogen and oxygen atoms in total. The standard InChI is InChI=1S/C13H21N3O2/c1-16(10-6-5-9-13(17)15-14)11-7-3-4-8-12(11)18-2/h3-4,7-8H,5-6,9-10,14H2,1-2H3,(H,15,17). The van der Waals surface area contributed by atoms with Gasteiger partial charge in [0.1, 0.15) is 5.75 Å². The third-order valence-corrected chi connectivity index (χ3v) is 2.80. The molecule has 0 aliphatic carbocycles. The fourth-order valence-corrected chi connectivity index (χ4v) is 1.77. The molecule has 100 valence electrons. The summed E-state index contributed by atoms with van der Waals surface area (Å²) in [5.74, 6) is 5.76. The maximum absolute atomic E-state index is 11.0. The first-order valence-corrected chi connectivity index (χ1v) is 6.02. The van der Waals surface area contributed by atoms with Crippen LogP contribution >= 0.6 is 0 Å². The predicted octanol–water partition coefficient (Wildman–Crippen LogP) is 1.29. The molecule has 18 heavy (non-hydrogen) atoms. The fourth-order valence-electron chi connectivity index (χ4n) is 1.77. The van der Waals surface area contributed by atoms with E-state index in [1.165, 1.54) is 0 Å². The quantitative estimate of drug-likeness (QED) is 0.332. The Bertz CT molecular complexity index is 382. The highest BCUT2D eigenvalue weighted by Gasteiger charge is 2.07. The summed E-state index contributed by atoms with van der Waals surface area (Å²) < 4.78 is 5.31. The molecule has 0 atom stereocenters. The fraction of sp³-hybridized carbons (Fsp3) is 0.462. The van der Waals surface area contributed by atoms with Crippen molar-refractivity contribution in [3.63, 3.8) is 0 Å². The van der Waals surface area contributed by atoms with Crippen LogP contribution in [0.25, 0.3) is 0 Å². The molecule has 3 N–H and O–H groups in total. The predicted molar refractivity (Wildman–Crippen MR) is 72.4 cm³/mol. The van der Waals surface area contributed by atoms with Crippen LogP contribution in [0.5, 0.6) is 5.75 Å². The lowest BCUT2D eigenvalue weighted by atomic mass is 10.2. The lowest BCUT2D eigenvalue weighted by molar-refractivity contribution is -0.121. The van der Waals surface area contributed by atoms with Crippen LogP contribution in [0, 0.1) is 0 Å². The van der Waals surface area contributed by atoms with Crippen molar-refractivity contribution in [2.45, 2.75) is 19.3 Å². The molecule has 0 aromatic heterocycles. The van der Waals surface area contributed by atoms with Crippen molar-refractivity contribution in [3.05, 3.63) is 24.3 Å². The zero-order valence-corrected chi connectivity index (χ0v) is 11.0. The Balaban J connectivity index is 2.40. The molecule has 0 heterocycles. The number of benzene rings is 1. The number of methoxy groups -OCH3 is 1. The highest BCUT2D eigenvalue weighted by molar-refractivity contribution is 5.75. The summed E-state index contributed by atoms with van der Waals surface area (Å²) in [7, 11) is 3.68. The van der Waals surface area contributed by atoms with Crippen molar-refractivity contribution in [3.8, 4) is 5.75 Å². The van der Waals surface area contributed by atoms with Crippen LogP contribution in [-0.2, 0) is 4.79 Å². The number of anilines is 1. The second-order valence-electron chi connectivity index (χ2n) is 4.12. The first-order valence-electron chi connectivity index (χ1n) is 6.02. The van der Waals surface area contributed by atoms with Gasteiger partial charge in [-0.05, 0) is 25.0 Å². The molecule has 1 aromatic carbocycles. The molecule has 0 fully saturated rings. The van der Waals surface area contributed by atoms with E-state index in [0.717, 1.165) is 30.8 Å². The summed E-state index contributed by atoms with van der Waals surface area (Å²) >= 11 is 0. The molecule has 5 heteroatoms. The number of hydrazine groups is 1. The van der Waals surface area contributed by atoms with Gasteiger partial charge in [0.05, 0.1) is 12.8 Å². The number of ether oxygens (including phenoxy) is 1. The highest BCUT2D eigenvalue weighted by Crippen LogP contribution is 2.26. The third kappa shape index (κ3) is 4.25. The minimum atomic E-state index is -0.116. The first kappa shape index (κ1) is 14.3. The normalized spacial score (nSPS) is 9.94. The molecule has 1 amide bonds. The molecule has 1 rings (SSSR count). The summed E-state index contributed by atoms with van der Waals surface area (Å²) in [6.45, 7) is 0.873. The molecule has 1 aromatic rings. The van der Waals surface area contributed by atoms with Gasteiger partial charge >= 0.3 is 0 Å². The number of hydrogen-bond donors (Lipinski definition) is 2. The van der Waals surface area contributed by atoms with Crippen LogP contribution in [-0.4, -0.2) is 26.6 Å². The van der Waals surface area contributed by atoms with Gasteiger partial charge in [-0.2, -0.15) is 0 Å². The Morgan fingerprint density at radius 2 is 2.11 bits per heavy atom. The zero-order chi connectivity index (χ0) is 13.4. The van der Waals surface area contributed by atoms with E-state index >= 15 is 0 Å². The summed E-state index contributed by atoms with van der Waals surface area (Å²) in [5.41, 5.74) is 3.19. The van der Waals surface area contributed by atoms with E-state index in [-0.39, 0.29) is 5.91 Å².